The van der Waals surface area contributed by atoms with E-state index in [2.05, 4.69) is 5.32 Å². The Kier molecular flexibility index (Phi) is 5.02. The van der Waals surface area contributed by atoms with Gasteiger partial charge >= 0.3 is 0 Å². The van der Waals surface area contributed by atoms with Gasteiger partial charge in [-0.1, -0.05) is 42.8 Å². The number of anilines is 1. The van der Waals surface area contributed by atoms with E-state index in [1.807, 2.05) is 30.3 Å². The number of rotatable bonds is 2. The zero-order valence-corrected chi connectivity index (χ0v) is 18.4. The van der Waals surface area contributed by atoms with Crippen LogP contribution in [-0.4, -0.2) is 5.79 Å². The molecular weight excluding hydrogens is 465 g/mol. The van der Waals surface area contributed by atoms with E-state index in [1.165, 1.54) is 0 Å². The van der Waals surface area contributed by atoms with Gasteiger partial charge in [0.1, 0.15) is 17.2 Å². The lowest BCUT2D eigenvalue weighted by Crippen LogP contribution is -2.56. The van der Waals surface area contributed by atoms with E-state index in [-0.39, 0.29) is 0 Å². The number of benzene rings is 3. The second kappa shape index (κ2) is 8.00. The third-order valence-corrected chi connectivity index (χ3v) is 7.08. The molecule has 3 nitrogen and oxygen atoms in total. The first-order valence-electron chi connectivity index (χ1n) is 11.5. The van der Waals surface area contributed by atoms with Gasteiger partial charge in [-0.3, -0.25) is 0 Å². The van der Waals surface area contributed by atoms with Crippen LogP contribution in [0.3, 0.4) is 0 Å². The molecule has 3 atom stereocenters. The van der Waals surface area contributed by atoms with Crippen LogP contribution in [-0.2, 0) is 0 Å². The quantitative estimate of drug-likeness (QED) is 0.235. The monoisotopic (exact) mass is 485 g/mol. The Hall–Kier alpha value is -3.55. The van der Waals surface area contributed by atoms with E-state index >= 15 is 0 Å². The molecule has 3 aromatic rings. The van der Waals surface area contributed by atoms with Gasteiger partial charge in [-0.15, -0.1) is 0 Å². The van der Waals surface area contributed by atoms with E-state index in [0.717, 1.165) is 24.0 Å². The number of ether oxygens (including phenoxy) is 2. The Bertz CT molecular complexity index is 1340. The van der Waals surface area contributed by atoms with Crippen molar-refractivity contribution in [1.82, 2.24) is 0 Å². The summed E-state index contributed by atoms with van der Waals surface area (Å²) >= 11 is 0. The van der Waals surface area contributed by atoms with Crippen molar-refractivity contribution in [3.05, 3.63) is 94.3 Å². The van der Waals surface area contributed by atoms with E-state index in [1.54, 1.807) is 24.3 Å². The van der Waals surface area contributed by atoms with Crippen LogP contribution >= 0.6 is 0 Å². The van der Waals surface area contributed by atoms with Crippen LogP contribution < -0.4 is 14.8 Å². The maximum absolute atomic E-state index is 14.7. The van der Waals surface area contributed by atoms with Gasteiger partial charge < -0.3 is 14.8 Å². The number of fused-ring (bicyclic) bond motifs is 2. The molecule has 0 radical (unpaired) electrons. The van der Waals surface area contributed by atoms with Crippen molar-refractivity contribution in [3.63, 3.8) is 0 Å². The number of hydrogen-bond acceptors (Lipinski definition) is 3. The molecule has 0 aromatic heterocycles. The van der Waals surface area contributed by atoms with Gasteiger partial charge in [0.05, 0.1) is 12.0 Å². The zero-order chi connectivity index (χ0) is 24.3. The molecule has 180 valence electrons. The highest BCUT2D eigenvalue weighted by molar-refractivity contribution is 5.65. The third-order valence-electron chi connectivity index (χ3n) is 7.08. The Morgan fingerprint density at radius 3 is 2.14 bits per heavy atom. The van der Waals surface area contributed by atoms with Crippen LogP contribution in [0.5, 0.6) is 11.5 Å². The molecule has 1 saturated carbocycles. The van der Waals surface area contributed by atoms with Crippen LogP contribution in [0.4, 0.5) is 27.6 Å². The predicted octanol–water partition coefficient (Wildman–Crippen LogP) is 7.29. The van der Waals surface area contributed by atoms with Crippen molar-refractivity contribution in [2.45, 2.75) is 37.5 Å². The lowest BCUT2D eigenvalue weighted by molar-refractivity contribution is -0.143. The van der Waals surface area contributed by atoms with Crippen molar-refractivity contribution >= 4 is 11.8 Å². The molecule has 1 aliphatic carbocycles. The first kappa shape index (κ1) is 21.9. The summed E-state index contributed by atoms with van der Waals surface area (Å²) in [5.74, 6) is -10.8. The van der Waals surface area contributed by atoms with Gasteiger partial charge in [-0.25, -0.2) is 22.0 Å². The maximum Gasteiger partial charge on any atom is 0.279 e. The largest absolute Gasteiger partial charge is 0.448 e. The lowest BCUT2D eigenvalue weighted by Gasteiger charge is -2.50. The van der Waals surface area contributed by atoms with Gasteiger partial charge in [-0.05, 0) is 37.5 Å². The minimum absolute atomic E-state index is 0.414. The van der Waals surface area contributed by atoms with Gasteiger partial charge in [0.25, 0.3) is 5.79 Å². The summed E-state index contributed by atoms with van der Waals surface area (Å²) in [6, 6.07) is 13.5. The summed E-state index contributed by atoms with van der Waals surface area (Å²) < 4.78 is 84.2. The van der Waals surface area contributed by atoms with Crippen LogP contribution in [0.15, 0.2) is 54.1 Å². The molecule has 1 spiro atoms. The van der Waals surface area contributed by atoms with Gasteiger partial charge in [-0.2, -0.15) is 0 Å². The molecular formula is C27H20F5NO2. The van der Waals surface area contributed by atoms with Gasteiger partial charge in [0, 0.05) is 16.7 Å². The van der Waals surface area contributed by atoms with E-state index < -0.39 is 52.5 Å². The van der Waals surface area contributed by atoms with Crippen molar-refractivity contribution in [1.29, 1.82) is 0 Å². The summed E-state index contributed by atoms with van der Waals surface area (Å²) in [5.41, 5.74) is 1.25. The van der Waals surface area contributed by atoms with Crippen LogP contribution in [0, 0.1) is 35.0 Å². The number of para-hydroxylation sites is 2. The molecule has 35 heavy (non-hydrogen) atoms. The average Bonchev–Trinajstić information content (AvgIpc) is 3.05. The second-order valence-corrected chi connectivity index (χ2v) is 9.04. The fourth-order valence-corrected chi connectivity index (χ4v) is 5.46. The maximum atomic E-state index is 14.7. The average molecular weight is 485 g/mol. The molecule has 1 fully saturated rings. The molecule has 0 saturated heterocycles. The fourth-order valence-electron chi connectivity index (χ4n) is 5.46. The fraction of sp³-hybridized carbons (Fsp3) is 0.259. The topological polar surface area (TPSA) is 30.5 Å². The second-order valence-electron chi connectivity index (χ2n) is 9.04. The van der Waals surface area contributed by atoms with Crippen molar-refractivity contribution in [3.8, 4) is 11.5 Å². The smallest absolute Gasteiger partial charge is 0.279 e. The minimum Gasteiger partial charge on any atom is -0.448 e. The summed E-state index contributed by atoms with van der Waals surface area (Å²) in [6.45, 7) is 0. The molecule has 2 heterocycles. The molecule has 8 heteroatoms. The highest BCUT2D eigenvalue weighted by Gasteiger charge is 2.56. The molecule has 0 unspecified atom stereocenters. The first-order valence-corrected chi connectivity index (χ1v) is 11.5. The van der Waals surface area contributed by atoms with Crippen LogP contribution in [0.2, 0.25) is 0 Å². The Morgan fingerprint density at radius 1 is 0.743 bits per heavy atom. The number of hydrogen-bond donors (Lipinski definition) is 1. The molecule has 0 amide bonds. The summed E-state index contributed by atoms with van der Waals surface area (Å²) in [5, 5.41) is 2.68. The van der Waals surface area contributed by atoms with Crippen LogP contribution in [0.1, 0.15) is 42.9 Å². The Labute approximate surface area is 198 Å². The molecule has 0 bridgehead atoms. The summed E-state index contributed by atoms with van der Waals surface area (Å²) in [6.07, 6.45) is 4.85. The number of halogens is 5. The Balaban J connectivity index is 1.54. The van der Waals surface area contributed by atoms with Crippen molar-refractivity contribution < 1.29 is 31.4 Å². The Morgan fingerprint density at radius 2 is 1.37 bits per heavy atom. The van der Waals surface area contributed by atoms with E-state index in [4.69, 9.17) is 9.47 Å². The van der Waals surface area contributed by atoms with Crippen molar-refractivity contribution in [2.24, 2.45) is 5.92 Å². The molecule has 6 rings (SSSR count). The molecule has 3 aromatic carbocycles. The van der Waals surface area contributed by atoms with E-state index in [0.29, 0.717) is 29.9 Å². The summed E-state index contributed by atoms with van der Waals surface area (Å²) in [4.78, 5) is 0. The molecule has 3 aliphatic rings. The summed E-state index contributed by atoms with van der Waals surface area (Å²) in [7, 11) is 0. The molecule has 1 N–H and O–H groups in total. The third kappa shape index (κ3) is 3.22. The predicted molar refractivity (Wildman–Crippen MR) is 119 cm³/mol. The van der Waals surface area contributed by atoms with Gasteiger partial charge in [0.15, 0.2) is 23.3 Å². The minimum atomic E-state index is -2.19. The highest BCUT2D eigenvalue weighted by atomic mass is 19.2. The highest BCUT2D eigenvalue weighted by Crippen LogP contribution is 2.55. The van der Waals surface area contributed by atoms with Crippen molar-refractivity contribution in [2.75, 3.05) is 5.32 Å². The standard InChI is InChI=1S/C27H20F5NO2/c28-20-21(29)23(31)26(24(32)22(20)30)33-25-16-9-3-6-12-19(16)35-27-15(8-2-4-10-17(25)27)13-14-7-1-5-11-18(14)34-27/h1,3,5-7,9,11-13,17,25,33H,2,4,8,10H2/t17-,25+,27-/m0/s1. The van der Waals surface area contributed by atoms with Crippen LogP contribution in [0.25, 0.3) is 6.08 Å². The zero-order valence-electron chi connectivity index (χ0n) is 18.4. The SMILES string of the molecule is Fc1c(F)c(F)c(N[C@@H]2c3ccccc3O[C@@]34Oc5ccccc5C=C3CCCC[C@@H]24)c(F)c1F. The number of nitrogens with one attached hydrogen (secondary N) is 1. The normalized spacial score (nSPS) is 24.4. The lowest BCUT2D eigenvalue weighted by atomic mass is 9.77. The first-order chi connectivity index (χ1) is 16.9. The van der Waals surface area contributed by atoms with Gasteiger partial charge in [0.2, 0.25) is 5.82 Å². The van der Waals surface area contributed by atoms with E-state index in [9.17, 15) is 22.0 Å². The molecule has 2 aliphatic heterocycles.